The maximum Gasteiger partial charge on any atom is 0.229 e. The smallest absolute Gasteiger partial charge is 0.229 e. The quantitative estimate of drug-likeness (QED) is 0.792. The Labute approximate surface area is 138 Å². The van der Waals surface area contributed by atoms with Crippen LogP contribution >= 0.6 is 0 Å². The summed E-state index contributed by atoms with van der Waals surface area (Å²) in [6.45, 7) is 8.36. The summed E-state index contributed by atoms with van der Waals surface area (Å²) in [5.74, 6) is 2.35. The highest BCUT2D eigenvalue weighted by atomic mass is 16.5. The second kappa shape index (κ2) is 8.36. The van der Waals surface area contributed by atoms with E-state index in [-0.39, 0.29) is 0 Å². The summed E-state index contributed by atoms with van der Waals surface area (Å²) in [5, 5.41) is 3.27. The standard InChI is InChI=1S/C18H26N4O/c1-5-11-22(12-6-2)17-13-14(3)19-18(21-17)20-15-9-7-8-10-16(15)23-4/h7-10,13H,5-6,11-12H2,1-4H3,(H,19,20,21). The molecule has 1 heterocycles. The largest absolute Gasteiger partial charge is 0.495 e. The number of ether oxygens (including phenoxy) is 1. The van der Waals surface area contributed by atoms with Crippen molar-refractivity contribution in [1.82, 2.24) is 9.97 Å². The van der Waals surface area contributed by atoms with Crippen molar-refractivity contribution in [3.05, 3.63) is 36.0 Å². The zero-order valence-electron chi connectivity index (χ0n) is 14.5. The lowest BCUT2D eigenvalue weighted by molar-refractivity contribution is 0.417. The molecular weight excluding hydrogens is 288 g/mol. The number of nitrogens with one attached hydrogen (secondary N) is 1. The van der Waals surface area contributed by atoms with Gasteiger partial charge in [-0.1, -0.05) is 26.0 Å². The monoisotopic (exact) mass is 314 g/mol. The predicted octanol–water partition coefficient (Wildman–Crippen LogP) is 4.16. The topological polar surface area (TPSA) is 50.3 Å². The van der Waals surface area contributed by atoms with Gasteiger partial charge in [0.25, 0.3) is 0 Å². The zero-order valence-corrected chi connectivity index (χ0v) is 14.5. The van der Waals surface area contributed by atoms with Crippen LogP contribution in [0.5, 0.6) is 5.75 Å². The Kier molecular flexibility index (Phi) is 6.20. The Morgan fingerprint density at radius 1 is 1.09 bits per heavy atom. The number of anilines is 3. The summed E-state index contributed by atoms with van der Waals surface area (Å²) >= 11 is 0. The highest BCUT2D eigenvalue weighted by Crippen LogP contribution is 2.26. The van der Waals surface area contributed by atoms with Crippen molar-refractivity contribution >= 4 is 17.5 Å². The number of para-hydroxylation sites is 2. The molecule has 5 heteroatoms. The van der Waals surface area contributed by atoms with E-state index in [1.165, 1.54) is 0 Å². The van der Waals surface area contributed by atoms with Crippen LogP contribution in [0.3, 0.4) is 0 Å². The van der Waals surface area contributed by atoms with Crippen molar-refractivity contribution in [2.24, 2.45) is 0 Å². The number of aryl methyl sites for hydroxylation is 1. The van der Waals surface area contributed by atoms with Crippen LogP contribution in [0.25, 0.3) is 0 Å². The van der Waals surface area contributed by atoms with Gasteiger partial charge in [0.1, 0.15) is 11.6 Å². The van der Waals surface area contributed by atoms with Gasteiger partial charge in [0.15, 0.2) is 0 Å². The number of nitrogens with zero attached hydrogens (tertiary/aromatic N) is 3. The van der Waals surface area contributed by atoms with E-state index in [0.717, 1.165) is 48.9 Å². The lowest BCUT2D eigenvalue weighted by atomic mass is 10.3. The first-order chi connectivity index (χ1) is 11.2. The van der Waals surface area contributed by atoms with Crippen LogP contribution in [-0.2, 0) is 0 Å². The van der Waals surface area contributed by atoms with Gasteiger partial charge in [0.2, 0.25) is 5.95 Å². The fourth-order valence-corrected chi connectivity index (χ4v) is 2.52. The summed E-state index contributed by atoms with van der Waals surface area (Å²) in [4.78, 5) is 11.5. The molecule has 0 saturated heterocycles. The van der Waals surface area contributed by atoms with Crippen molar-refractivity contribution in [2.45, 2.75) is 33.6 Å². The summed E-state index contributed by atoms with van der Waals surface area (Å²) in [6.07, 6.45) is 2.19. The van der Waals surface area contributed by atoms with Crippen molar-refractivity contribution in [2.75, 3.05) is 30.4 Å². The summed E-state index contributed by atoms with van der Waals surface area (Å²) < 4.78 is 5.37. The lowest BCUT2D eigenvalue weighted by Crippen LogP contribution is -2.26. The minimum atomic E-state index is 0.599. The second-order valence-electron chi connectivity index (χ2n) is 5.50. The van der Waals surface area contributed by atoms with Crippen LogP contribution in [0.4, 0.5) is 17.5 Å². The Hall–Kier alpha value is -2.30. The summed E-state index contributed by atoms with van der Waals surface area (Å²) in [6, 6.07) is 9.82. The number of hydrogen-bond acceptors (Lipinski definition) is 5. The molecule has 0 aliphatic carbocycles. The number of methoxy groups -OCH3 is 1. The van der Waals surface area contributed by atoms with Gasteiger partial charge in [-0.3, -0.25) is 0 Å². The molecule has 0 fully saturated rings. The minimum absolute atomic E-state index is 0.599. The van der Waals surface area contributed by atoms with Gasteiger partial charge in [0.05, 0.1) is 12.8 Å². The fraction of sp³-hybridized carbons (Fsp3) is 0.444. The molecule has 1 aromatic heterocycles. The van der Waals surface area contributed by atoms with Gasteiger partial charge in [-0.05, 0) is 31.9 Å². The second-order valence-corrected chi connectivity index (χ2v) is 5.50. The van der Waals surface area contributed by atoms with Crippen LogP contribution in [0, 0.1) is 6.92 Å². The third kappa shape index (κ3) is 4.58. The van der Waals surface area contributed by atoms with E-state index < -0.39 is 0 Å². The predicted molar refractivity (Wildman–Crippen MR) is 95.8 cm³/mol. The van der Waals surface area contributed by atoms with Gasteiger partial charge in [-0.15, -0.1) is 0 Å². The van der Waals surface area contributed by atoms with E-state index in [0.29, 0.717) is 5.95 Å². The van der Waals surface area contributed by atoms with Gasteiger partial charge >= 0.3 is 0 Å². The minimum Gasteiger partial charge on any atom is -0.495 e. The molecule has 0 radical (unpaired) electrons. The van der Waals surface area contributed by atoms with Crippen LogP contribution < -0.4 is 15.0 Å². The first-order valence-corrected chi connectivity index (χ1v) is 8.18. The average molecular weight is 314 g/mol. The highest BCUT2D eigenvalue weighted by Gasteiger charge is 2.11. The molecule has 0 aliphatic heterocycles. The molecule has 2 rings (SSSR count). The highest BCUT2D eigenvalue weighted by molar-refractivity contribution is 5.63. The molecule has 124 valence electrons. The number of benzene rings is 1. The molecule has 1 aromatic carbocycles. The van der Waals surface area contributed by atoms with Gasteiger partial charge < -0.3 is 15.0 Å². The Morgan fingerprint density at radius 3 is 2.43 bits per heavy atom. The lowest BCUT2D eigenvalue weighted by Gasteiger charge is -2.23. The molecule has 0 saturated carbocycles. The van der Waals surface area contributed by atoms with E-state index in [1.807, 2.05) is 37.3 Å². The van der Waals surface area contributed by atoms with E-state index in [1.54, 1.807) is 7.11 Å². The molecule has 1 N–H and O–H groups in total. The Morgan fingerprint density at radius 2 is 1.78 bits per heavy atom. The summed E-state index contributed by atoms with van der Waals surface area (Å²) in [7, 11) is 1.66. The van der Waals surface area contributed by atoms with Crippen molar-refractivity contribution in [3.8, 4) is 5.75 Å². The van der Waals surface area contributed by atoms with E-state index >= 15 is 0 Å². The van der Waals surface area contributed by atoms with Crippen LogP contribution in [0.15, 0.2) is 30.3 Å². The van der Waals surface area contributed by atoms with Crippen LogP contribution in [0.2, 0.25) is 0 Å². The maximum atomic E-state index is 5.37. The van der Waals surface area contributed by atoms with Crippen molar-refractivity contribution < 1.29 is 4.74 Å². The van der Waals surface area contributed by atoms with Gasteiger partial charge in [-0.2, -0.15) is 4.98 Å². The molecule has 0 bridgehead atoms. The molecule has 0 amide bonds. The molecule has 0 aliphatic rings. The molecule has 0 unspecified atom stereocenters. The SMILES string of the molecule is CCCN(CCC)c1cc(C)nc(Nc2ccccc2OC)n1. The third-order valence-electron chi connectivity index (χ3n) is 3.51. The first kappa shape index (κ1) is 17.1. The number of aromatic nitrogens is 2. The fourth-order valence-electron chi connectivity index (χ4n) is 2.52. The molecular formula is C18H26N4O. The maximum absolute atomic E-state index is 5.37. The number of hydrogen-bond donors (Lipinski definition) is 1. The normalized spacial score (nSPS) is 10.4. The van der Waals surface area contributed by atoms with Gasteiger partial charge in [-0.25, -0.2) is 4.98 Å². The van der Waals surface area contributed by atoms with E-state index in [2.05, 4.69) is 34.0 Å². The third-order valence-corrected chi connectivity index (χ3v) is 3.51. The zero-order chi connectivity index (χ0) is 16.7. The molecule has 5 nitrogen and oxygen atoms in total. The van der Waals surface area contributed by atoms with E-state index in [4.69, 9.17) is 4.74 Å². The van der Waals surface area contributed by atoms with Crippen molar-refractivity contribution in [3.63, 3.8) is 0 Å². The van der Waals surface area contributed by atoms with Crippen molar-refractivity contribution in [1.29, 1.82) is 0 Å². The Bertz CT molecular complexity index is 624. The molecule has 2 aromatic rings. The van der Waals surface area contributed by atoms with Gasteiger partial charge in [0, 0.05) is 24.8 Å². The average Bonchev–Trinajstić information content (AvgIpc) is 2.54. The van der Waals surface area contributed by atoms with Crippen LogP contribution in [0.1, 0.15) is 32.4 Å². The van der Waals surface area contributed by atoms with Crippen LogP contribution in [-0.4, -0.2) is 30.2 Å². The number of rotatable bonds is 8. The first-order valence-electron chi connectivity index (χ1n) is 8.18. The molecule has 23 heavy (non-hydrogen) atoms. The summed E-state index contributed by atoms with van der Waals surface area (Å²) in [5.41, 5.74) is 1.81. The Balaban J connectivity index is 2.29. The molecule has 0 atom stereocenters. The molecule has 0 spiro atoms. The van der Waals surface area contributed by atoms with E-state index in [9.17, 15) is 0 Å².